The fraction of sp³-hybridized carbons (Fsp3) is 0.700. The molecule has 0 aromatic heterocycles. The van der Waals surface area contributed by atoms with Crippen molar-refractivity contribution in [3.05, 3.63) is 0 Å². The minimum absolute atomic E-state index is 0.0139. The van der Waals surface area contributed by atoms with E-state index in [9.17, 15) is 4.79 Å². The van der Waals surface area contributed by atoms with E-state index in [0.717, 1.165) is 25.9 Å². The van der Waals surface area contributed by atoms with Gasteiger partial charge in [-0.3, -0.25) is 4.79 Å². The second kappa shape index (κ2) is 7.63. The zero-order chi connectivity index (χ0) is 10.1. The summed E-state index contributed by atoms with van der Waals surface area (Å²) in [6, 6.07) is 0. The maximum atomic E-state index is 11.0. The van der Waals surface area contributed by atoms with Gasteiger partial charge in [0, 0.05) is 27.3 Å². The van der Waals surface area contributed by atoms with Gasteiger partial charge in [-0.1, -0.05) is 5.92 Å². The summed E-state index contributed by atoms with van der Waals surface area (Å²) in [4.78, 5) is 12.8. The Hall–Kier alpha value is -1.01. The summed E-state index contributed by atoms with van der Waals surface area (Å²) in [5, 5.41) is 0. The van der Waals surface area contributed by atoms with Crippen molar-refractivity contribution in [2.45, 2.75) is 19.8 Å². The summed E-state index contributed by atoms with van der Waals surface area (Å²) >= 11 is 0. The van der Waals surface area contributed by atoms with Crippen molar-refractivity contribution in [1.82, 2.24) is 4.90 Å². The first-order valence-electron chi connectivity index (χ1n) is 4.38. The molecule has 0 aromatic carbocycles. The van der Waals surface area contributed by atoms with Crippen LogP contribution in [0, 0.1) is 11.8 Å². The van der Waals surface area contributed by atoms with Crippen LogP contribution in [0.3, 0.4) is 0 Å². The van der Waals surface area contributed by atoms with Gasteiger partial charge in [0.2, 0.25) is 0 Å². The lowest BCUT2D eigenvalue weighted by Gasteiger charge is -2.09. The molecule has 0 radical (unpaired) electrons. The molecule has 1 saturated heterocycles. The topological polar surface area (TPSA) is 29.5 Å². The van der Waals surface area contributed by atoms with E-state index in [0.29, 0.717) is 0 Å². The molecular formula is C10H17NO2. The van der Waals surface area contributed by atoms with Crippen LogP contribution in [0.1, 0.15) is 19.8 Å². The van der Waals surface area contributed by atoms with Crippen LogP contribution < -0.4 is 0 Å². The number of rotatable bonds is 0. The van der Waals surface area contributed by atoms with Crippen molar-refractivity contribution < 1.29 is 9.53 Å². The van der Waals surface area contributed by atoms with E-state index >= 15 is 0 Å². The van der Waals surface area contributed by atoms with Crippen molar-refractivity contribution in [3.8, 4) is 11.8 Å². The fourth-order valence-corrected chi connectivity index (χ4v) is 1.11. The Labute approximate surface area is 80.1 Å². The third kappa shape index (κ3) is 5.26. The Morgan fingerprint density at radius 1 is 1.31 bits per heavy atom. The van der Waals surface area contributed by atoms with Gasteiger partial charge in [-0.25, -0.2) is 0 Å². The van der Waals surface area contributed by atoms with Gasteiger partial charge >= 0.3 is 0 Å². The highest BCUT2D eigenvalue weighted by molar-refractivity contribution is 5.93. The highest BCUT2D eigenvalue weighted by Crippen LogP contribution is 2.06. The molecule has 1 aliphatic rings. The summed E-state index contributed by atoms with van der Waals surface area (Å²) in [6.07, 6.45) is 2.27. The maximum Gasteiger partial charge on any atom is 0.298 e. The number of hydrogen-bond acceptors (Lipinski definition) is 2. The quantitative estimate of drug-likeness (QED) is 0.522. The van der Waals surface area contributed by atoms with Crippen LogP contribution in [0.15, 0.2) is 0 Å². The average Bonchev–Trinajstić information content (AvgIpc) is 2.58. The van der Waals surface area contributed by atoms with Crippen LogP contribution >= 0.6 is 0 Å². The molecule has 1 amide bonds. The minimum atomic E-state index is -0.0139. The molecule has 1 rings (SSSR count). The molecule has 3 heteroatoms. The zero-order valence-electron chi connectivity index (χ0n) is 8.59. The monoisotopic (exact) mass is 183 g/mol. The molecule has 1 aliphatic heterocycles. The second-order valence-corrected chi connectivity index (χ2v) is 2.78. The Bertz CT molecular complexity index is 197. The van der Waals surface area contributed by atoms with Crippen LogP contribution in [0.4, 0.5) is 0 Å². The summed E-state index contributed by atoms with van der Waals surface area (Å²) in [7, 11) is 3.25. The van der Waals surface area contributed by atoms with Crippen LogP contribution in [-0.4, -0.2) is 38.1 Å². The summed E-state index contributed by atoms with van der Waals surface area (Å²) < 4.78 is 4.25. The number of nitrogens with zero attached hydrogens (tertiary/aromatic N) is 1. The van der Waals surface area contributed by atoms with Crippen LogP contribution in [0.25, 0.3) is 0 Å². The molecule has 0 saturated carbocycles. The van der Waals surface area contributed by atoms with E-state index in [4.69, 9.17) is 0 Å². The van der Waals surface area contributed by atoms with Crippen molar-refractivity contribution in [3.63, 3.8) is 0 Å². The lowest BCUT2D eigenvalue weighted by molar-refractivity contribution is -0.124. The van der Waals surface area contributed by atoms with E-state index in [1.165, 1.54) is 0 Å². The Kier molecular flexibility index (Phi) is 7.04. The lowest BCUT2D eigenvalue weighted by Crippen LogP contribution is -2.25. The third-order valence-electron chi connectivity index (χ3n) is 1.63. The molecule has 13 heavy (non-hydrogen) atoms. The number of carbonyl (C=O) groups is 1. The summed E-state index contributed by atoms with van der Waals surface area (Å²) in [6.45, 7) is 3.48. The SMILES string of the molecule is CC#CC(=O)N1CCCC1.COC. The molecule has 0 atom stereocenters. The van der Waals surface area contributed by atoms with E-state index in [1.54, 1.807) is 26.0 Å². The number of ether oxygens (including phenoxy) is 1. The van der Waals surface area contributed by atoms with Crippen LogP contribution in [-0.2, 0) is 9.53 Å². The van der Waals surface area contributed by atoms with E-state index < -0.39 is 0 Å². The van der Waals surface area contributed by atoms with Crippen LogP contribution in [0.5, 0.6) is 0 Å². The third-order valence-corrected chi connectivity index (χ3v) is 1.63. The first kappa shape index (κ1) is 12.0. The van der Waals surface area contributed by atoms with Gasteiger partial charge in [0.15, 0.2) is 0 Å². The lowest BCUT2D eigenvalue weighted by atomic mass is 10.4. The van der Waals surface area contributed by atoms with Gasteiger partial charge in [0.05, 0.1) is 0 Å². The molecular weight excluding hydrogens is 166 g/mol. The standard InChI is InChI=1S/C8H11NO.C2H6O/c1-2-5-8(10)9-6-3-4-7-9;1-3-2/h3-4,6-7H2,1H3;1-2H3. The Morgan fingerprint density at radius 2 is 1.77 bits per heavy atom. The minimum Gasteiger partial charge on any atom is -0.388 e. The normalized spacial score (nSPS) is 13.9. The van der Waals surface area contributed by atoms with Crippen molar-refractivity contribution in [2.75, 3.05) is 27.3 Å². The van der Waals surface area contributed by atoms with Gasteiger partial charge in [-0.05, 0) is 25.7 Å². The van der Waals surface area contributed by atoms with Crippen molar-refractivity contribution in [1.29, 1.82) is 0 Å². The number of hydrogen-bond donors (Lipinski definition) is 0. The largest absolute Gasteiger partial charge is 0.388 e. The zero-order valence-corrected chi connectivity index (χ0v) is 8.59. The molecule has 0 aromatic rings. The smallest absolute Gasteiger partial charge is 0.298 e. The highest BCUT2D eigenvalue weighted by Gasteiger charge is 2.14. The van der Waals surface area contributed by atoms with Crippen molar-refractivity contribution in [2.24, 2.45) is 0 Å². The average molecular weight is 183 g/mol. The number of carbonyl (C=O) groups excluding carboxylic acids is 1. The van der Waals surface area contributed by atoms with Gasteiger partial charge in [0.25, 0.3) is 5.91 Å². The van der Waals surface area contributed by atoms with Gasteiger partial charge in [-0.2, -0.15) is 0 Å². The molecule has 1 fully saturated rings. The van der Waals surface area contributed by atoms with Crippen molar-refractivity contribution >= 4 is 5.91 Å². The number of methoxy groups -OCH3 is 1. The second-order valence-electron chi connectivity index (χ2n) is 2.78. The molecule has 74 valence electrons. The first-order valence-corrected chi connectivity index (χ1v) is 4.38. The molecule has 0 bridgehead atoms. The maximum absolute atomic E-state index is 11.0. The Balaban J connectivity index is 0.000000424. The summed E-state index contributed by atoms with van der Waals surface area (Å²) in [5.41, 5.74) is 0. The molecule has 0 unspecified atom stereocenters. The number of likely N-dealkylation sites (tertiary alicyclic amines) is 1. The van der Waals surface area contributed by atoms with E-state index in [-0.39, 0.29) is 5.91 Å². The predicted molar refractivity (Wildman–Crippen MR) is 52.2 cm³/mol. The molecule has 1 heterocycles. The van der Waals surface area contributed by atoms with E-state index in [1.807, 2.05) is 0 Å². The molecule has 0 spiro atoms. The molecule has 0 aliphatic carbocycles. The van der Waals surface area contributed by atoms with Gasteiger partial charge < -0.3 is 9.64 Å². The predicted octanol–water partition coefficient (Wildman–Crippen LogP) is 0.895. The number of amides is 1. The van der Waals surface area contributed by atoms with Gasteiger partial charge in [0.1, 0.15) is 0 Å². The Morgan fingerprint density at radius 3 is 2.15 bits per heavy atom. The van der Waals surface area contributed by atoms with E-state index in [2.05, 4.69) is 16.6 Å². The molecule has 3 nitrogen and oxygen atoms in total. The first-order chi connectivity index (χ1) is 6.26. The molecule has 0 N–H and O–H groups in total. The summed E-state index contributed by atoms with van der Waals surface area (Å²) in [5.74, 6) is 5.11. The van der Waals surface area contributed by atoms with Gasteiger partial charge in [-0.15, -0.1) is 0 Å². The highest BCUT2D eigenvalue weighted by atomic mass is 16.4. The van der Waals surface area contributed by atoms with Crippen LogP contribution in [0.2, 0.25) is 0 Å². The fourth-order valence-electron chi connectivity index (χ4n) is 1.11.